The van der Waals surface area contributed by atoms with E-state index >= 15 is 0 Å². The fraction of sp³-hybridized carbons (Fsp3) is 0. The van der Waals surface area contributed by atoms with Crippen molar-refractivity contribution >= 4 is 56.4 Å². The molecule has 5 heteroatoms. The number of benzene rings is 4. The van der Waals surface area contributed by atoms with Crippen LogP contribution in [0.15, 0.2) is 89.7 Å². The Balaban J connectivity index is 1.83. The molecular formula is C26H16FIN2O. The molecule has 3 nitrogen and oxygen atoms in total. The molecule has 5 rings (SSSR count). The number of hydrogen-bond donors (Lipinski definition) is 0. The fourth-order valence-electron chi connectivity index (χ4n) is 3.70. The maximum Gasteiger partial charge on any atom is 0.266 e. The second kappa shape index (κ2) is 8.07. The normalized spacial score (nSPS) is 11.5. The molecule has 5 aromatic rings. The van der Waals surface area contributed by atoms with E-state index in [0.29, 0.717) is 22.3 Å². The molecule has 1 aromatic heterocycles. The van der Waals surface area contributed by atoms with E-state index in [1.165, 1.54) is 6.07 Å². The number of fused-ring (bicyclic) bond motifs is 2. The molecule has 150 valence electrons. The van der Waals surface area contributed by atoms with Gasteiger partial charge in [0.05, 0.1) is 16.6 Å². The van der Waals surface area contributed by atoms with Crippen molar-refractivity contribution in [1.29, 1.82) is 0 Å². The number of rotatable bonds is 3. The third-order valence-electron chi connectivity index (χ3n) is 5.18. The van der Waals surface area contributed by atoms with Crippen molar-refractivity contribution < 1.29 is 4.39 Å². The summed E-state index contributed by atoms with van der Waals surface area (Å²) in [5.74, 6) is 0.117. The lowest BCUT2D eigenvalue weighted by molar-refractivity contribution is 0.625. The van der Waals surface area contributed by atoms with Crippen molar-refractivity contribution in [2.45, 2.75) is 0 Å². The van der Waals surface area contributed by atoms with Crippen LogP contribution < -0.4 is 5.56 Å². The highest BCUT2D eigenvalue weighted by atomic mass is 127. The van der Waals surface area contributed by atoms with Crippen LogP contribution in [0.1, 0.15) is 11.4 Å². The van der Waals surface area contributed by atoms with Gasteiger partial charge in [-0.05, 0) is 70.5 Å². The van der Waals surface area contributed by atoms with Gasteiger partial charge in [-0.3, -0.25) is 9.36 Å². The van der Waals surface area contributed by atoms with E-state index in [9.17, 15) is 9.18 Å². The molecular weight excluding hydrogens is 502 g/mol. The predicted molar refractivity (Wildman–Crippen MR) is 133 cm³/mol. The number of nitrogens with zero attached hydrogens (tertiary/aromatic N) is 2. The van der Waals surface area contributed by atoms with Crippen LogP contribution in [0.4, 0.5) is 4.39 Å². The first kappa shape index (κ1) is 19.6. The van der Waals surface area contributed by atoms with Gasteiger partial charge in [0.25, 0.3) is 5.56 Å². The number of aromatic nitrogens is 2. The van der Waals surface area contributed by atoms with Crippen molar-refractivity contribution in [3.05, 3.63) is 116 Å². The van der Waals surface area contributed by atoms with Crippen molar-refractivity contribution in [1.82, 2.24) is 9.55 Å². The van der Waals surface area contributed by atoms with Crippen LogP contribution in [0, 0.1) is 9.39 Å². The van der Waals surface area contributed by atoms with E-state index in [1.54, 1.807) is 34.9 Å². The van der Waals surface area contributed by atoms with Crippen LogP contribution in [0.25, 0.3) is 39.5 Å². The van der Waals surface area contributed by atoms with Crippen LogP contribution in [0.2, 0.25) is 0 Å². The molecule has 0 radical (unpaired) electrons. The zero-order valence-corrected chi connectivity index (χ0v) is 18.5. The minimum absolute atomic E-state index is 0.159. The zero-order chi connectivity index (χ0) is 21.4. The molecule has 1 heterocycles. The van der Waals surface area contributed by atoms with Gasteiger partial charge in [-0.1, -0.05) is 54.6 Å². The second-order valence-electron chi connectivity index (χ2n) is 7.13. The summed E-state index contributed by atoms with van der Waals surface area (Å²) in [6, 6.07) is 25.9. The van der Waals surface area contributed by atoms with Crippen LogP contribution in [0.3, 0.4) is 0 Å². The Hall–Kier alpha value is -3.32. The van der Waals surface area contributed by atoms with E-state index < -0.39 is 0 Å². The molecule has 0 N–H and O–H groups in total. The van der Waals surface area contributed by atoms with Gasteiger partial charge in [0.15, 0.2) is 0 Å². The minimum atomic E-state index is -0.326. The first-order valence-corrected chi connectivity index (χ1v) is 10.8. The molecule has 0 atom stereocenters. The summed E-state index contributed by atoms with van der Waals surface area (Å²) in [5, 5.41) is 2.51. The summed E-state index contributed by atoms with van der Waals surface area (Å²) in [4.78, 5) is 18.4. The lowest BCUT2D eigenvalue weighted by Gasteiger charge is -2.14. The Bertz CT molecular complexity index is 1530. The molecule has 0 saturated carbocycles. The first-order valence-electron chi connectivity index (χ1n) is 9.75. The quantitative estimate of drug-likeness (QED) is 0.257. The number of halogens is 2. The largest absolute Gasteiger partial charge is 0.268 e. The molecule has 0 aliphatic rings. The molecule has 4 aromatic carbocycles. The monoisotopic (exact) mass is 518 g/mol. The molecule has 0 spiro atoms. The maximum absolute atomic E-state index is 14.2. The predicted octanol–water partition coefficient (Wildman–Crippen LogP) is 6.45. The van der Waals surface area contributed by atoms with Crippen molar-refractivity contribution in [2.24, 2.45) is 0 Å². The van der Waals surface area contributed by atoms with Gasteiger partial charge in [0.2, 0.25) is 0 Å². The summed E-state index contributed by atoms with van der Waals surface area (Å²) in [6.07, 6.45) is 3.34. The third kappa shape index (κ3) is 3.65. The van der Waals surface area contributed by atoms with Crippen LogP contribution >= 0.6 is 22.6 Å². The Morgan fingerprint density at radius 1 is 0.839 bits per heavy atom. The van der Waals surface area contributed by atoms with Gasteiger partial charge in [0.1, 0.15) is 11.6 Å². The van der Waals surface area contributed by atoms with Gasteiger partial charge < -0.3 is 0 Å². The Morgan fingerprint density at radius 2 is 1.61 bits per heavy atom. The molecule has 0 aliphatic carbocycles. The van der Waals surface area contributed by atoms with Crippen LogP contribution in [-0.4, -0.2) is 9.55 Å². The lowest BCUT2D eigenvalue weighted by Crippen LogP contribution is -2.22. The first-order chi connectivity index (χ1) is 15.1. The third-order valence-corrected chi connectivity index (χ3v) is 5.85. The summed E-state index contributed by atoms with van der Waals surface area (Å²) >= 11 is 2.19. The Morgan fingerprint density at radius 3 is 2.48 bits per heavy atom. The highest BCUT2D eigenvalue weighted by molar-refractivity contribution is 14.1. The van der Waals surface area contributed by atoms with Crippen molar-refractivity contribution in [3.8, 4) is 5.69 Å². The van der Waals surface area contributed by atoms with E-state index in [0.717, 1.165) is 20.0 Å². The average molecular weight is 518 g/mol. The smallest absolute Gasteiger partial charge is 0.266 e. The molecule has 0 aliphatic heterocycles. The van der Waals surface area contributed by atoms with E-state index in [-0.39, 0.29) is 11.4 Å². The lowest BCUT2D eigenvalue weighted by atomic mass is 10.1. The second-order valence-corrected chi connectivity index (χ2v) is 8.37. The summed E-state index contributed by atoms with van der Waals surface area (Å²) in [7, 11) is 0. The van der Waals surface area contributed by atoms with Crippen LogP contribution in [0.5, 0.6) is 0 Å². The summed E-state index contributed by atoms with van der Waals surface area (Å²) in [5.41, 5.74) is 1.62. The van der Waals surface area contributed by atoms with Crippen molar-refractivity contribution in [3.63, 3.8) is 0 Å². The Labute approximate surface area is 191 Å². The van der Waals surface area contributed by atoms with E-state index in [1.807, 2.05) is 60.7 Å². The maximum atomic E-state index is 14.2. The van der Waals surface area contributed by atoms with Gasteiger partial charge in [-0.25, -0.2) is 9.37 Å². The molecule has 0 amide bonds. The highest BCUT2D eigenvalue weighted by Crippen LogP contribution is 2.24. The zero-order valence-electron chi connectivity index (χ0n) is 16.3. The number of hydrogen-bond acceptors (Lipinski definition) is 2. The molecule has 0 unspecified atom stereocenters. The van der Waals surface area contributed by atoms with E-state index in [2.05, 4.69) is 22.6 Å². The SMILES string of the molecule is O=c1c2cc(I)ccc2nc(C=Cc2ccccc2F)n1-c1cccc2ccccc12. The van der Waals surface area contributed by atoms with Crippen molar-refractivity contribution in [2.75, 3.05) is 0 Å². The average Bonchev–Trinajstić information content (AvgIpc) is 2.79. The molecule has 0 fully saturated rings. The summed E-state index contributed by atoms with van der Waals surface area (Å²) in [6.45, 7) is 0. The van der Waals surface area contributed by atoms with Gasteiger partial charge >= 0.3 is 0 Å². The summed E-state index contributed by atoms with van der Waals surface area (Å²) < 4.78 is 16.7. The molecule has 0 saturated heterocycles. The molecule has 31 heavy (non-hydrogen) atoms. The Kier molecular flexibility index (Phi) is 5.11. The fourth-order valence-corrected chi connectivity index (χ4v) is 4.19. The van der Waals surface area contributed by atoms with E-state index in [4.69, 9.17) is 4.98 Å². The van der Waals surface area contributed by atoms with Gasteiger partial charge in [-0.2, -0.15) is 0 Å². The van der Waals surface area contributed by atoms with Crippen LogP contribution in [-0.2, 0) is 0 Å². The topological polar surface area (TPSA) is 34.9 Å². The van der Waals surface area contributed by atoms with Gasteiger partial charge in [-0.15, -0.1) is 0 Å². The molecule has 0 bridgehead atoms. The standard InChI is InChI=1S/C26H16FIN2O/c27-22-10-4-2-7-18(22)12-15-25-29-23-14-13-19(28)16-21(23)26(31)30(25)24-11-5-8-17-6-1-3-9-20(17)24/h1-16H. The minimum Gasteiger partial charge on any atom is -0.268 e. The highest BCUT2D eigenvalue weighted by Gasteiger charge is 2.14. The van der Waals surface area contributed by atoms with Gasteiger partial charge in [0, 0.05) is 14.5 Å².